The van der Waals surface area contributed by atoms with Crippen LogP contribution in [0, 0.1) is 0 Å². The van der Waals surface area contributed by atoms with Crippen molar-refractivity contribution in [3.8, 4) is 0 Å². The number of carboxylic acid groups (broad SMARTS) is 1. The fraction of sp³-hybridized carbons (Fsp3) is 0.909. The highest BCUT2D eigenvalue weighted by atomic mass is 16.8. The Morgan fingerprint density at radius 3 is 1.36 bits per heavy atom. The molecule has 4 fully saturated rings. The van der Waals surface area contributed by atoms with Gasteiger partial charge in [0.05, 0.1) is 26.4 Å². The number of aliphatic hydroxyl groups excluding tert-OH is 12. The molecular formula is C33H55NO24. The van der Waals surface area contributed by atoms with Gasteiger partial charge in [-0.1, -0.05) is 0 Å². The van der Waals surface area contributed by atoms with Crippen molar-refractivity contribution in [2.75, 3.05) is 33.0 Å². The predicted molar refractivity (Wildman–Crippen MR) is 180 cm³/mol. The van der Waals surface area contributed by atoms with Crippen LogP contribution < -0.4 is 5.32 Å². The molecule has 25 nitrogen and oxygen atoms in total. The first-order valence-electron chi connectivity index (χ1n) is 18.6. The lowest BCUT2D eigenvalue weighted by molar-refractivity contribution is -0.387. The molecule has 336 valence electrons. The molecule has 0 bridgehead atoms. The van der Waals surface area contributed by atoms with Crippen molar-refractivity contribution in [1.82, 2.24) is 5.32 Å². The summed E-state index contributed by atoms with van der Waals surface area (Å²) in [6, 6.07) is 0. The summed E-state index contributed by atoms with van der Waals surface area (Å²) in [6.45, 7) is -1.49. The van der Waals surface area contributed by atoms with E-state index in [0.717, 1.165) is 0 Å². The molecule has 0 aliphatic carbocycles. The number of aliphatic hydroxyl groups is 12. The summed E-state index contributed by atoms with van der Waals surface area (Å²) in [7, 11) is 0. The summed E-state index contributed by atoms with van der Waals surface area (Å²) in [5, 5.41) is 138. The number of carboxylic acids is 1. The zero-order chi connectivity index (χ0) is 43.0. The quantitative estimate of drug-likeness (QED) is 0.0537. The Kier molecular flexibility index (Phi) is 18.4. The van der Waals surface area contributed by atoms with E-state index in [0.29, 0.717) is 19.3 Å². The maximum Gasteiger partial charge on any atom is 0.335 e. The molecule has 25 heteroatoms. The predicted octanol–water partition coefficient (Wildman–Crippen LogP) is -8.37. The molecule has 20 atom stereocenters. The first kappa shape index (κ1) is 48.5. The Bertz CT molecular complexity index is 1310. The van der Waals surface area contributed by atoms with Crippen LogP contribution in [0.25, 0.3) is 0 Å². The topological polar surface area (TPSA) is 400 Å². The third-order valence-corrected chi connectivity index (χ3v) is 10.0. The third kappa shape index (κ3) is 11.6. The van der Waals surface area contributed by atoms with Crippen molar-refractivity contribution >= 4 is 17.7 Å². The molecule has 4 rings (SSSR count). The molecule has 8 unspecified atom stereocenters. The van der Waals surface area contributed by atoms with Crippen LogP contribution in [0.1, 0.15) is 32.6 Å². The van der Waals surface area contributed by atoms with Gasteiger partial charge in [0, 0.05) is 19.4 Å². The largest absolute Gasteiger partial charge is 0.479 e. The zero-order valence-electron chi connectivity index (χ0n) is 31.2. The lowest BCUT2D eigenvalue weighted by Gasteiger charge is -2.49. The van der Waals surface area contributed by atoms with Gasteiger partial charge in [0.15, 0.2) is 31.3 Å². The Morgan fingerprint density at radius 2 is 0.931 bits per heavy atom. The number of ether oxygens (including phenoxy) is 8. The standard InChI is InChI=1S/C33H55NO24/c1-11(38)4-2-3-5-15(39)34-6-7-51-30-22(46)18(42)25(12(8-35)52-30)55-31-23(47)19(43)26(13(9-36)53-31)56-32-24(48)20(44)27(14(10-37)54-32)57-33-21(45)16(40)17(41)28(58-33)29(49)50/h12-14,16-28,30-33,35-37,40-48H,2-10H2,1H3,(H,34,39)(H,49,50)/t12?,13?,14?,16-,17-,18+,19+,20+,21?,22?,23?,24?,25-,26+,27+,28?,30-,31+,32-,33+/m0/s1. The van der Waals surface area contributed by atoms with Crippen molar-refractivity contribution in [2.24, 2.45) is 0 Å². The molecule has 4 saturated heterocycles. The zero-order valence-corrected chi connectivity index (χ0v) is 31.2. The summed E-state index contributed by atoms with van der Waals surface area (Å²) < 4.78 is 43.8. The normalized spacial score (nSPS) is 43.5. The number of nitrogens with one attached hydrogen (secondary N) is 1. The Morgan fingerprint density at radius 1 is 0.534 bits per heavy atom. The number of Topliss-reactive ketones (excluding diaryl/α,β-unsaturated/α-hetero) is 1. The second kappa shape index (κ2) is 22.1. The van der Waals surface area contributed by atoms with E-state index in [9.17, 15) is 80.8 Å². The van der Waals surface area contributed by atoms with Gasteiger partial charge in [-0.2, -0.15) is 0 Å². The van der Waals surface area contributed by atoms with Gasteiger partial charge in [0.2, 0.25) is 5.91 Å². The first-order valence-corrected chi connectivity index (χ1v) is 18.6. The van der Waals surface area contributed by atoms with Gasteiger partial charge in [-0.15, -0.1) is 0 Å². The van der Waals surface area contributed by atoms with E-state index in [1.807, 2.05) is 0 Å². The van der Waals surface area contributed by atoms with E-state index >= 15 is 0 Å². The fourth-order valence-electron chi connectivity index (χ4n) is 6.77. The Balaban J connectivity index is 1.33. The molecule has 0 aromatic rings. The Labute approximate surface area is 330 Å². The molecule has 58 heavy (non-hydrogen) atoms. The highest BCUT2D eigenvalue weighted by Crippen LogP contribution is 2.34. The lowest BCUT2D eigenvalue weighted by Crippen LogP contribution is -2.67. The molecule has 4 heterocycles. The Hall–Kier alpha value is -2.19. The molecule has 1 amide bonds. The second-order valence-corrected chi connectivity index (χ2v) is 14.3. The monoisotopic (exact) mass is 849 g/mol. The van der Waals surface area contributed by atoms with Crippen molar-refractivity contribution in [1.29, 1.82) is 0 Å². The maximum absolute atomic E-state index is 12.0. The SMILES string of the molecule is CC(=O)CCCCC(=O)NCCO[C@H]1OC(CO)[C@H](O[C@H]2OC(CO)[C@@H](O[C@@H]3OC(CO)[C@@H](O[C@@H]4OC(C(=O)O)[C@@H](O)[C@H](O)C4O)[C@H](O)C3O)[C@H](O)C2O)[C@H](O)C1O. The number of ketones is 1. The summed E-state index contributed by atoms with van der Waals surface area (Å²) in [5.41, 5.74) is 0. The minimum Gasteiger partial charge on any atom is -0.479 e. The minimum absolute atomic E-state index is 0.00800. The van der Waals surface area contributed by atoms with Crippen LogP contribution in [0.2, 0.25) is 0 Å². The minimum atomic E-state index is -2.12. The molecule has 4 aliphatic rings. The number of aliphatic carboxylic acids is 1. The van der Waals surface area contributed by atoms with E-state index < -0.39 is 149 Å². The molecule has 0 aromatic carbocycles. The molecule has 0 saturated carbocycles. The average molecular weight is 850 g/mol. The van der Waals surface area contributed by atoms with Crippen LogP contribution >= 0.6 is 0 Å². The van der Waals surface area contributed by atoms with Gasteiger partial charge in [-0.05, 0) is 19.8 Å². The van der Waals surface area contributed by atoms with Gasteiger partial charge in [-0.25, -0.2) is 4.79 Å². The van der Waals surface area contributed by atoms with E-state index in [1.54, 1.807) is 0 Å². The summed E-state index contributed by atoms with van der Waals surface area (Å²) >= 11 is 0. The second-order valence-electron chi connectivity index (χ2n) is 14.3. The number of hydrogen-bond donors (Lipinski definition) is 14. The van der Waals surface area contributed by atoms with Gasteiger partial charge < -0.3 is 114 Å². The molecular weight excluding hydrogens is 794 g/mol. The highest BCUT2D eigenvalue weighted by molar-refractivity contribution is 5.76. The number of carbonyl (C=O) groups excluding carboxylic acids is 2. The van der Waals surface area contributed by atoms with Crippen molar-refractivity contribution < 1.29 is 119 Å². The van der Waals surface area contributed by atoms with Crippen molar-refractivity contribution in [2.45, 2.75) is 155 Å². The van der Waals surface area contributed by atoms with Crippen molar-refractivity contribution in [3.05, 3.63) is 0 Å². The maximum atomic E-state index is 12.0. The number of unbranched alkanes of at least 4 members (excludes halogenated alkanes) is 1. The van der Waals surface area contributed by atoms with E-state index in [4.69, 9.17) is 37.9 Å². The van der Waals surface area contributed by atoms with Gasteiger partial charge in [0.1, 0.15) is 97.3 Å². The fourth-order valence-corrected chi connectivity index (χ4v) is 6.77. The molecule has 4 aliphatic heterocycles. The average Bonchev–Trinajstić information content (AvgIpc) is 3.19. The first-order chi connectivity index (χ1) is 27.4. The third-order valence-electron chi connectivity index (χ3n) is 10.0. The number of amides is 1. The van der Waals surface area contributed by atoms with Crippen LogP contribution in [0.5, 0.6) is 0 Å². The van der Waals surface area contributed by atoms with Crippen LogP contribution in [0.15, 0.2) is 0 Å². The van der Waals surface area contributed by atoms with Gasteiger partial charge in [-0.3, -0.25) is 4.79 Å². The molecule has 0 radical (unpaired) electrons. The summed E-state index contributed by atoms with van der Waals surface area (Å²) in [4.78, 5) is 34.5. The number of carbonyl (C=O) groups is 3. The van der Waals surface area contributed by atoms with Gasteiger partial charge >= 0.3 is 5.97 Å². The molecule has 0 aromatic heterocycles. The summed E-state index contributed by atoms with van der Waals surface area (Å²) in [5.74, 6) is -2.02. The van der Waals surface area contributed by atoms with Crippen LogP contribution in [0.4, 0.5) is 0 Å². The van der Waals surface area contributed by atoms with Gasteiger partial charge in [0.25, 0.3) is 0 Å². The van der Waals surface area contributed by atoms with E-state index in [2.05, 4.69) is 5.32 Å². The van der Waals surface area contributed by atoms with Crippen LogP contribution in [-0.2, 0) is 52.3 Å². The number of hydrogen-bond acceptors (Lipinski definition) is 23. The van der Waals surface area contributed by atoms with Crippen LogP contribution in [-0.4, -0.2) is 240 Å². The smallest absolute Gasteiger partial charge is 0.335 e. The van der Waals surface area contributed by atoms with Crippen LogP contribution in [0.3, 0.4) is 0 Å². The number of rotatable bonds is 19. The molecule has 14 N–H and O–H groups in total. The summed E-state index contributed by atoms with van der Waals surface area (Å²) in [6.07, 6.45) is -36.0. The highest BCUT2D eigenvalue weighted by Gasteiger charge is 2.55. The molecule has 0 spiro atoms. The van der Waals surface area contributed by atoms with Crippen molar-refractivity contribution in [3.63, 3.8) is 0 Å². The van der Waals surface area contributed by atoms with E-state index in [1.165, 1.54) is 6.92 Å². The van der Waals surface area contributed by atoms with E-state index in [-0.39, 0.29) is 31.3 Å². The lowest BCUT2D eigenvalue weighted by atomic mass is 9.95.